The molecule has 0 fully saturated rings. The Kier molecular flexibility index (Phi) is 5.90. The summed E-state index contributed by atoms with van der Waals surface area (Å²) in [5, 5.41) is 0. The van der Waals surface area contributed by atoms with Crippen LogP contribution in [0.1, 0.15) is 29.4 Å². The van der Waals surface area contributed by atoms with Crippen LogP contribution in [0.15, 0.2) is 18.3 Å². The molecule has 1 aromatic rings. The normalized spacial score (nSPS) is 11.7. The molecule has 0 bridgehead atoms. The molecule has 0 aromatic carbocycles. The van der Waals surface area contributed by atoms with Crippen molar-refractivity contribution in [1.29, 1.82) is 0 Å². The van der Waals surface area contributed by atoms with Crippen LogP contribution in [0.4, 0.5) is 13.2 Å². The van der Waals surface area contributed by atoms with Gasteiger partial charge in [-0.05, 0) is 25.1 Å². The second kappa shape index (κ2) is 7.20. The maximum Gasteiger partial charge on any atom is 0.401 e. The summed E-state index contributed by atoms with van der Waals surface area (Å²) in [6.07, 6.45) is -2.34. The highest BCUT2D eigenvalue weighted by molar-refractivity contribution is 5.93. The zero-order valence-electron chi connectivity index (χ0n) is 11.1. The number of carbonyl (C=O) groups is 1. The van der Waals surface area contributed by atoms with Gasteiger partial charge in [0.15, 0.2) is 0 Å². The van der Waals surface area contributed by atoms with Crippen LogP contribution in [-0.2, 0) is 6.54 Å². The van der Waals surface area contributed by atoms with Crippen molar-refractivity contribution < 1.29 is 18.0 Å². The van der Waals surface area contributed by atoms with Gasteiger partial charge >= 0.3 is 6.18 Å². The van der Waals surface area contributed by atoms with Gasteiger partial charge in [-0.25, -0.2) is 5.84 Å². The molecule has 3 N–H and O–H groups in total. The third-order valence-electron chi connectivity index (χ3n) is 2.55. The number of amides is 1. The average molecular weight is 290 g/mol. The number of hydrogen-bond donors (Lipinski definition) is 2. The Morgan fingerprint density at radius 2 is 2.15 bits per heavy atom. The standard InChI is InChI=1S/C12H17F3N4O/c1-2-5-19(8-12(13,14)15)7-10-4-3-9(6-17-10)11(20)18-16/h3-4,6H,2,5,7-8,16H2,1H3,(H,18,20). The number of aromatic nitrogens is 1. The first-order valence-electron chi connectivity index (χ1n) is 6.10. The molecule has 5 nitrogen and oxygen atoms in total. The van der Waals surface area contributed by atoms with Crippen molar-refractivity contribution in [3.05, 3.63) is 29.6 Å². The predicted octanol–water partition coefficient (Wildman–Crippen LogP) is 1.46. The number of alkyl halides is 3. The summed E-state index contributed by atoms with van der Waals surface area (Å²) in [5.74, 6) is 4.48. The van der Waals surface area contributed by atoms with Crippen LogP contribution in [0.3, 0.4) is 0 Å². The number of nitrogens with one attached hydrogen (secondary N) is 1. The Balaban J connectivity index is 2.71. The minimum atomic E-state index is -4.24. The van der Waals surface area contributed by atoms with Crippen molar-refractivity contribution in [1.82, 2.24) is 15.3 Å². The Bertz CT molecular complexity index is 433. The van der Waals surface area contributed by atoms with E-state index >= 15 is 0 Å². The molecule has 1 rings (SSSR count). The topological polar surface area (TPSA) is 71.2 Å². The third kappa shape index (κ3) is 5.54. The first kappa shape index (κ1) is 16.4. The number of hydrazine groups is 1. The molecular weight excluding hydrogens is 273 g/mol. The predicted molar refractivity (Wildman–Crippen MR) is 67.5 cm³/mol. The van der Waals surface area contributed by atoms with Gasteiger partial charge in [0, 0.05) is 12.7 Å². The molecule has 20 heavy (non-hydrogen) atoms. The molecule has 8 heteroatoms. The molecule has 0 spiro atoms. The summed E-state index contributed by atoms with van der Waals surface area (Å²) >= 11 is 0. The summed E-state index contributed by atoms with van der Waals surface area (Å²) in [6, 6.07) is 2.99. The lowest BCUT2D eigenvalue weighted by molar-refractivity contribution is -0.147. The fraction of sp³-hybridized carbons (Fsp3) is 0.500. The minimum Gasteiger partial charge on any atom is -0.290 e. The third-order valence-corrected chi connectivity index (χ3v) is 2.55. The van der Waals surface area contributed by atoms with E-state index in [2.05, 4.69) is 4.98 Å². The number of hydrogen-bond acceptors (Lipinski definition) is 4. The number of rotatable bonds is 6. The quantitative estimate of drug-likeness (QED) is 0.473. The highest BCUT2D eigenvalue weighted by atomic mass is 19.4. The van der Waals surface area contributed by atoms with E-state index < -0.39 is 18.6 Å². The van der Waals surface area contributed by atoms with Crippen molar-refractivity contribution in [2.45, 2.75) is 26.1 Å². The van der Waals surface area contributed by atoms with Crippen LogP contribution in [0.5, 0.6) is 0 Å². The second-order valence-corrected chi connectivity index (χ2v) is 4.34. The van der Waals surface area contributed by atoms with E-state index in [-0.39, 0.29) is 12.1 Å². The molecular formula is C12H17F3N4O. The summed E-state index contributed by atoms with van der Waals surface area (Å²) in [5.41, 5.74) is 2.68. The van der Waals surface area contributed by atoms with Crippen molar-refractivity contribution in [3.8, 4) is 0 Å². The highest BCUT2D eigenvalue weighted by Crippen LogP contribution is 2.18. The lowest BCUT2D eigenvalue weighted by Crippen LogP contribution is -2.34. The fourth-order valence-electron chi connectivity index (χ4n) is 1.75. The number of carbonyl (C=O) groups excluding carboxylic acids is 1. The van der Waals surface area contributed by atoms with Crippen LogP contribution in [0.2, 0.25) is 0 Å². The molecule has 0 unspecified atom stereocenters. The largest absolute Gasteiger partial charge is 0.401 e. The molecule has 1 aromatic heterocycles. The minimum absolute atomic E-state index is 0.0812. The second-order valence-electron chi connectivity index (χ2n) is 4.34. The van der Waals surface area contributed by atoms with Gasteiger partial charge in [0.05, 0.1) is 17.8 Å². The first-order chi connectivity index (χ1) is 9.35. The number of nitrogen functional groups attached to an aromatic ring is 1. The van der Waals surface area contributed by atoms with Gasteiger partial charge in [-0.1, -0.05) is 6.92 Å². The molecule has 0 saturated carbocycles. The van der Waals surface area contributed by atoms with E-state index in [0.29, 0.717) is 18.7 Å². The first-order valence-corrected chi connectivity index (χ1v) is 6.10. The Hall–Kier alpha value is -1.67. The van der Waals surface area contributed by atoms with Crippen LogP contribution in [0.25, 0.3) is 0 Å². The molecule has 0 atom stereocenters. The molecule has 0 aliphatic rings. The number of nitrogens with zero attached hydrogens (tertiary/aromatic N) is 2. The fourth-order valence-corrected chi connectivity index (χ4v) is 1.75. The molecule has 0 radical (unpaired) electrons. The van der Waals surface area contributed by atoms with Gasteiger partial charge in [0.2, 0.25) is 0 Å². The van der Waals surface area contributed by atoms with Gasteiger partial charge in [-0.15, -0.1) is 0 Å². The summed E-state index contributed by atoms with van der Waals surface area (Å²) in [6.45, 7) is 1.24. The van der Waals surface area contributed by atoms with Crippen molar-refractivity contribution in [2.24, 2.45) is 5.84 Å². The summed E-state index contributed by atoms with van der Waals surface area (Å²) in [4.78, 5) is 16.4. The molecule has 0 aliphatic heterocycles. The Morgan fingerprint density at radius 3 is 2.60 bits per heavy atom. The van der Waals surface area contributed by atoms with Gasteiger partial charge < -0.3 is 0 Å². The number of nitrogens with two attached hydrogens (primary N) is 1. The molecule has 1 heterocycles. The zero-order valence-corrected chi connectivity index (χ0v) is 11.1. The van der Waals surface area contributed by atoms with Crippen molar-refractivity contribution >= 4 is 5.91 Å². The monoisotopic (exact) mass is 290 g/mol. The number of pyridine rings is 1. The molecule has 0 aliphatic carbocycles. The summed E-state index contributed by atoms with van der Waals surface area (Å²) in [7, 11) is 0. The lowest BCUT2D eigenvalue weighted by atomic mass is 10.2. The van der Waals surface area contributed by atoms with Crippen molar-refractivity contribution in [3.63, 3.8) is 0 Å². The maximum absolute atomic E-state index is 12.4. The molecule has 112 valence electrons. The lowest BCUT2D eigenvalue weighted by Gasteiger charge is -2.22. The van der Waals surface area contributed by atoms with Crippen LogP contribution < -0.4 is 11.3 Å². The van der Waals surface area contributed by atoms with Crippen LogP contribution in [0, 0.1) is 0 Å². The van der Waals surface area contributed by atoms with Gasteiger partial charge in [0.25, 0.3) is 5.91 Å². The molecule has 1 amide bonds. The Morgan fingerprint density at radius 1 is 1.45 bits per heavy atom. The zero-order chi connectivity index (χ0) is 15.2. The smallest absolute Gasteiger partial charge is 0.290 e. The van der Waals surface area contributed by atoms with E-state index in [1.807, 2.05) is 12.3 Å². The van der Waals surface area contributed by atoms with Crippen LogP contribution in [-0.4, -0.2) is 35.1 Å². The number of halogens is 3. The van der Waals surface area contributed by atoms with Gasteiger partial charge in [-0.3, -0.25) is 20.1 Å². The van der Waals surface area contributed by atoms with E-state index in [4.69, 9.17) is 5.84 Å². The van der Waals surface area contributed by atoms with Gasteiger partial charge in [-0.2, -0.15) is 13.2 Å². The summed E-state index contributed by atoms with van der Waals surface area (Å²) < 4.78 is 37.3. The average Bonchev–Trinajstić information content (AvgIpc) is 2.37. The molecule has 0 saturated heterocycles. The Labute approximate surface area is 114 Å². The maximum atomic E-state index is 12.4. The highest BCUT2D eigenvalue weighted by Gasteiger charge is 2.30. The SMILES string of the molecule is CCCN(Cc1ccc(C(=O)NN)cn1)CC(F)(F)F. The van der Waals surface area contributed by atoms with E-state index in [9.17, 15) is 18.0 Å². The van der Waals surface area contributed by atoms with Crippen LogP contribution >= 0.6 is 0 Å². The van der Waals surface area contributed by atoms with Gasteiger partial charge in [0.1, 0.15) is 0 Å². The van der Waals surface area contributed by atoms with E-state index in [0.717, 1.165) is 0 Å². The van der Waals surface area contributed by atoms with Crippen molar-refractivity contribution in [2.75, 3.05) is 13.1 Å². The van der Waals surface area contributed by atoms with E-state index in [1.54, 1.807) is 0 Å². The van der Waals surface area contributed by atoms with E-state index in [1.165, 1.54) is 23.2 Å².